The summed E-state index contributed by atoms with van der Waals surface area (Å²) in [6.45, 7) is 7.63. The summed E-state index contributed by atoms with van der Waals surface area (Å²) in [5.74, 6) is 1.03. The van der Waals surface area contributed by atoms with E-state index in [1.165, 1.54) is 77.5 Å². The Morgan fingerprint density at radius 2 is 1.82 bits per heavy atom. The van der Waals surface area contributed by atoms with Gasteiger partial charge in [-0.1, -0.05) is 19.8 Å². The van der Waals surface area contributed by atoms with Crippen molar-refractivity contribution in [2.45, 2.75) is 64.3 Å². The Kier molecular flexibility index (Phi) is 5.79. The average molecular weight is 238 g/mol. The number of unbranched alkanes of at least 4 members (excludes halogenated alkanes) is 1. The second-order valence-corrected chi connectivity index (χ2v) is 6.01. The van der Waals surface area contributed by atoms with Crippen LogP contribution < -0.4 is 5.32 Å². The van der Waals surface area contributed by atoms with Crippen molar-refractivity contribution in [2.24, 2.45) is 5.92 Å². The molecule has 2 rings (SSSR count). The minimum atomic E-state index is 0.889. The second-order valence-electron chi connectivity index (χ2n) is 6.01. The van der Waals surface area contributed by atoms with Gasteiger partial charge in [-0.25, -0.2) is 0 Å². The van der Waals surface area contributed by atoms with Gasteiger partial charge in [0.05, 0.1) is 0 Å². The topological polar surface area (TPSA) is 15.3 Å². The quantitative estimate of drug-likeness (QED) is 0.654. The minimum absolute atomic E-state index is 0.889. The largest absolute Gasteiger partial charge is 0.314 e. The molecule has 2 heteroatoms. The first kappa shape index (κ1) is 13.4. The number of rotatable bonds is 8. The Morgan fingerprint density at radius 1 is 1.06 bits per heavy atom. The zero-order chi connectivity index (χ0) is 11.9. The van der Waals surface area contributed by atoms with E-state index in [1.807, 2.05) is 0 Å². The van der Waals surface area contributed by atoms with Crippen LogP contribution in [0, 0.1) is 5.92 Å². The molecule has 0 aromatic heterocycles. The molecule has 17 heavy (non-hydrogen) atoms. The van der Waals surface area contributed by atoms with Crippen molar-refractivity contribution in [2.75, 3.05) is 26.2 Å². The molecule has 0 unspecified atom stereocenters. The lowest BCUT2D eigenvalue weighted by atomic mass is 9.92. The van der Waals surface area contributed by atoms with Crippen LogP contribution in [0.4, 0.5) is 0 Å². The van der Waals surface area contributed by atoms with Gasteiger partial charge in [-0.05, 0) is 70.6 Å². The number of nitrogens with one attached hydrogen (secondary N) is 1. The van der Waals surface area contributed by atoms with Gasteiger partial charge in [-0.15, -0.1) is 0 Å². The lowest BCUT2D eigenvalue weighted by Crippen LogP contribution is -2.34. The molecule has 1 saturated heterocycles. The normalized spacial score (nSPS) is 23.1. The molecule has 100 valence electrons. The van der Waals surface area contributed by atoms with Gasteiger partial charge in [-0.2, -0.15) is 0 Å². The van der Waals surface area contributed by atoms with Crippen molar-refractivity contribution >= 4 is 0 Å². The zero-order valence-corrected chi connectivity index (χ0v) is 11.6. The highest BCUT2D eigenvalue weighted by molar-refractivity contribution is 4.80. The molecule has 0 aromatic rings. The van der Waals surface area contributed by atoms with Crippen LogP contribution in [-0.4, -0.2) is 37.1 Å². The maximum absolute atomic E-state index is 3.60. The minimum Gasteiger partial charge on any atom is -0.314 e. The fraction of sp³-hybridized carbons (Fsp3) is 1.00. The van der Waals surface area contributed by atoms with Crippen LogP contribution >= 0.6 is 0 Å². The summed E-state index contributed by atoms with van der Waals surface area (Å²) in [7, 11) is 0. The van der Waals surface area contributed by atoms with Gasteiger partial charge >= 0.3 is 0 Å². The Labute approximate surface area is 107 Å². The van der Waals surface area contributed by atoms with E-state index in [9.17, 15) is 0 Å². The predicted octanol–water partition coefficient (Wildman–Crippen LogP) is 3.03. The van der Waals surface area contributed by atoms with Gasteiger partial charge in [-0.3, -0.25) is 0 Å². The summed E-state index contributed by atoms with van der Waals surface area (Å²) < 4.78 is 0. The van der Waals surface area contributed by atoms with Crippen molar-refractivity contribution < 1.29 is 0 Å². The van der Waals surface area contributed by atoms with E-state index in [0.29, 0.717) is 0 Å². The molecule has 1 saturated carbocycles. The summed E-state index contributed by atoms with van der Waals surface area (Å²) in [5, 5.41) is 3.60. The summed E-state index contributed by atoms with van der Waals surface area (Å²) in [5.41, 5.74) is 0. The fourth-order valence-electron chi connectivity index (χ4n) is 2.96. The number of nitrogens with zero attached hydrogens (tertiary/aromatic N) is 1. The molecule has 1 aliphatic carbocycles. The maximum atomic E-state index is 3.60. The van der Waals surface area contributed by atoms with Crippen LogP contribution in [0.1, 0.15) is 58.3 Å². The molecular formula is C15H30N2. The monoisotopic (exact) mass is 238 g/mol. The Bertz CT molecular complexity index is 193. The lowest BCUT2D eigenvalue weighted by Gasteiger charge is -2.31. The molecule has 0 amide bonds. The summed E-state index contributed by atoms with van der Waals surface area (Å²) in [4.78, 5) is 2.68. The van der Waals surface area contributed by atoms with Crippen LogP contribution in [0.25, 0.3) is 0 Å². The summed E-state index contributed by atoms with van der Waals surface area (Å²) in [6.07, 6.45) is 11.3. The van der Waals surface area contributed by atoms with E-state index in [4.69, 9.17) is 0 Å². The molecular weight excluding hydrogens is 208 g/mol. The van der Waals surface area contributed by atoms with E-state index in [2.05, 4.69) is 17.1 Å². The van der Waals surface area contributed by atoms with Crippen LogP contribution in [0.2, 0.25) is 0 Å². The third kappa shape index (κ3) is 5.39. The van der Waals surface area contributed by atoms with Gasteiger partial charge < -0.3 is 10.2 Å². The highest BCUT2D eigenvalue weighted by atomic mass is 15.1. The van der Waals surface area contributed by atoms with Crippen LogP contribution in [0.5, 0.6) is 0 Å². The SMILES string of the molecule is CCCC1CCN(CCCCNC2CC2)CC1. The third-order valence-electron chi connectivity index (χ3n) is 4.32. The average Bonchev–Trinajstić information content (AvgIpc) is 3.15. The van der Waals surface area contributed by atoms with Crippen LogP contribution in [-0.2, 0) is 0 Å². The molecule has 0 atom stereocenters. The zero-order valence-electron chi connectivity index (χ0n) is 11.6. The standard InChI is InChI=1S/C15H30N2/c1-2-5-14-8-12-17(13-9-14)11-4-3-10-16-15-6-7-15/h14-16H,2-13H2,1H3. The van der Waals surface area contributed by atoms with E-state index < -0.39 is 0 Å². The molecule has 0 aromatic carbocycles. The summed E-state index contributed by atoms with van der Waals surface area (Å²) in [6, 6.07) is 0.889. The van der Waals surface area contributed by atoms with Gasteiger partial charge in [0.25, 0.3) is 0 Å². The van der Waals surface area contributed by atoms with Crippen LogP contribution in [0.15, 0.2) is 0 Å². The van der Waals surface area contributed by atoms with Gasteiger partial charge in [0.2, 0.25) is 0 Å². The molecule has 1 N–H and O–H groups in total. The number of likely N-dealkylation sites (tertiary alicyclic amines) is 1. The highest BCUT2D eigenvalue weighted by Gasteiger charge is 2.20. The molecule has 2 nitrogen and oxygen atoms in total. The van der Waals surface area contributed by atoms with Crippen LogP contribution in [0.3, 0.4) is 0 Å². The molecule has 0 radical (unpaired) electrons. The van der Waals surface area contributed by atoms with Crippen molar-refractivity contribution in [1.29, 1.82) is 0 Å². The fourth-order valence-corrected chi connectivity index (χ4v) is 2.96. The maximum Gasteiger partial charge on any atom is 0.00682 e. The number of hydrogen-bond acceptors (Lipinski definition) is 2. The Hall–Kier alpha value is -0.0800. The smallest absolute Gasteiger partial charge is 0.00682 e. The molecule has 2 fully saturated rings. The van der Waals surface area contributed by atoms with E-state index in [1.54, 1.807) is 0 Å². The second kappa shape index (κ2) is 7.38. The first-order valence-corrected chi connectivity index (χ1v) is 7.84. The molecule has 1 aliphatic heterocycles. The molecule has 0 spiro atoms. The summed E-state index contributed by atoms with van der Waals surface area (Å²) >= 11 is 0. The Balaban J connectivity index is 1.43. The van der Waals surface area contributed by atoms with Gasteiger partial charge in [0.1, 0.15) is 0 Å². The highest BCUT2D eigenvalue weighted by Crippen LogP contribution is 2.22. The van der Waals surface area contributed by atoms with Crippen molar-refractivity contribution in [1.82, 2.24) is 10.2 Å². The van der Waals surface area contributed by atoms with Crippen molar-refractivity contribution in [3.8, 4) is 0 Å². The molecule has 1 heterocycles. The number of hydrogen-bond donors (Lipinski definition) is 1. The van der Waals surface area contributed by atoms with Crippen molar-refractivity contribution in [3.05, 3.63) is 0 Å². The Morgan fingerprint density at radius 3 is 2.47 bits per heavy atom. The third-order valence-corrected chi connectivity index (χ3v) is 4.32. The number of piperidine rings is 1. The predicted molar refractivity (Wildman–Crippen MR) is 74.3 cm³/mol. The molecule has 2 aliphatic rings. The first-order valence-electron chi connectivity index (χ1n) is 7.84. The van der Waals surface area contributed by atoms with E-state index in [0.717, 1.165) is 12.0 Å². The lowest BCUT2D eigenvalue weighted by molar-refractivity contribution is 0.176. The van der Waals surface area contributed by atoms with Crippen molar-refractivity contribution in [3.63, 3.8) is 0 Å². The van der Waals surface area contributed by atoms with Gasteiger partial charge in [0.15, 0.2) is 0 Å². The first-order chi connectivity index (χ1) is 8.38. The van der Waals surface area contributed by atoms with E-state index >= 15 is 0 Å². The molecule has 0 bridgehead atoms. The van der Waals surface area contributed by atoms with E-state index in [-0.39, 0.29) is 0 Å². The van der Waals surface area contributed by atoms with Gasteiger partial charge in [0, 0.05) is 6.04 Å².